The Balaban J connectivity index is 2.12. The summed E-state index contributed by atoms with van der Waals surface area (Å²) in [5, 5.41) is 146. The van der Waals surface area contributed by atoms with E-state index in [4.69, 9.17) is 4.74 Å². The number of rotatable bonds is 7. The minimum atomic E-state index is -4.57. The van der Waals surface area contributed by atoms with E-state index in [1.54, 1.807) is 0 Å². The first kappa shape index (κ1) is 32.5. The molecule has 18 heteroatoms. The first-order chi connectivity index (χ1) is 20.8. The van der Waals surface area contributed by atoms with Crippen molar-refractivity contribution < 1.29 is 90.6 Å². The largest absolute Gasteiger partial charge is 0.504 e. The number of benzene rings is 3. The maximum Gasteiger partial charge on any atom is 0.272 e. The summed E-state index contributed by atoms with van der Waals surface area (Å²) in [6.07, 6.45) is -5.46. The molecule has 0 aromatic heterocycles. The molecule has 1 aliphatic heterocycles. The predicted octanol–water partition coefficient (Wildman–Crippen LogP) is -2.11. The molecule has 4 rings (SSSR count). The summed E-state index contributed by atoms with van der Waals surface area (Å²) in [7, 11) is 0. The van der Waals surface area contributed by atoms with Gasteiger partial charge in [0.25, 0.3) is 5.79 Å². The summed E-state index contributed by atoms with van der Waals surface area (Å²) in [6, 6.07) is 2.05. The summed E-state index contributed by atoms with van der Waals surface area (Å²) >= 11 is 0. The van der Waals surface area contributed by atoms with Crippen LogP contribution in [0.25, 0.3) is 0 Å². The number of Topliss-reactive ketones (excluding diaryl/α,β-unsaturated/α-hetero) is 3. The van der Waals surface area contributed by atoms with Crippen LogP contribution in [0.15, 0.2) is 36.4 Å². The van der Waals surface area contributed by atoms with E-state index in [-0.39, 0.29) is 0 Å². The second-order valence-electron chi connectivity index (χ2n) is 9.98. The lowest BCUT2D eigenvalue weighted by Crippen LogP contribution is -2.85. The van der Waals surface area contributed by atoms with Gasteiger partial charge in [-0.15, -0.1) is 0 Å². The average Bonchev–Trinajstić information content (AvgIpc) is 2.99. The van der Waals surface area contributed by atoms with Gasteiger partial charge in [0.05, 0.1) is 6.61 Å². The van der Waals surface area contributed by atoms with E-state index in [0.29, 0.717) is 36.4 Å². The number of phenolic OH excluding ortho intramolecular Hbond substituents is 9. The molecule has 1 aliphatic rings. The van der Waals surface area contributed by atoms with Crippen LogP contribution in [0.1, 0.15) is 31.1 Å². The number of hydrogen-bond acceptors (Lipinski definition) is 18. The maximum absolute atomic E-state index is 14.0. The van der Waals surface area contributed by atoms with Gasteiger partial charge in [-0.3, -0.25) is 14.4 Å². The minimum absolute atomic E-state index is 0.312. The summed E-state index contributed by atoms with van der Waals surface area (Å²) in [6.45, 7) is -1.48. The zero-order chi connectivity index (χ0) is 34.0. The molecular formula is C27H24O18. The molecule has 18 nitrogen and oxygen atoms in total. The molecule has 0 spiro atoms. The van der Waals surface area contributed by atoms with Crippen LogP contribution in [0.4, 0.5) is 0 Å². The van der Waals surface area contributed by atoms with Gasteiger partial charge in [-0.05, 0) is 36.4 Å². The van der Waals surface area contributed by atoms with Crippen molar-refractivity contribution in [2.45, 2.75) is 29.2 Å². The molecule has 0 amide bonds. The fourth-order valence-electron chi connectivity index (χ4n) is 4.92. The lowest BCUT2D eigenvalue weighted by atomic mass is 9.61. The Kier molecular flexibility index (Phi) is 7.71. The van der Waals surface area contributed by atoms with Crippen molar-refractivity contribution in [2.75, 3.05) is 6.61 Å². The Hall–Kier alpha value is -5.37. The Morgan fingerprint density at radius 2 is 0.889 bits per heavy atom. The number of carbonyl (C=O) groups is 3. The standard InChI is InChI=1S/C27H24O18/c28-7-17-24(41)25(42,21(38)8-1-11(29)18(35)12(30)2-8)26(43,22(39)9-3-13(31)19(36)14(32)4-9)27(44,45-17)23(40)10-5-15(33)20(37)16(34)6-10/h1-6,17,24,28-37,41-44H,7H2. The smallest absolute Gasteiger partial charge is 0.272 e. The number of aromatic hydroxyl groups is 9. The molecule has 45 heavy (non-hydrogen) atoms. The van der Waals surface area contributed by atoms with E-state index >= 15 is 0 Å². The molecule has 1 fully saturated rings. The molecule has 240 valence electrons. The van der Waals surface area contributed by atoms with E-state index in [2.05, 4.69) is 0 Å². The third-order valence-corrected chi connectivity index (χ3v) is 7.30. The van der Waals surface area contributed by atoms with Crippen molar-refractivity contribution in [3.8, 4) is 51.7 Å². The van der Waals surface area contributed by atoms with Crippen molar-refractivity contribution >= 4 is 17.3 Å². The molecule has 5 atom stereocenters. The van der Waals surface area contributed by atoms with Crippen LogP contribution in [0.2, 0.25) is 0 Å². The van der Waals surface area contributed by atoms with Crippen molar-refractivity contribution in [2.24, 2.45) is 0 Å². The van der Waals surface area contributed by atoms with Gasteiger partial charge in [0, 0.05) is 16.7 Å². The fraction of sp³-hybridized carbons (Fsp3) is 0.222. The Bertz CT molecular complexity index is 1680. The van der Waals surface area contributed by atoms with Gasteiger partial charge in [0.1, 0.15) is 12.2 Å². The molecule has 0 bridgehead atoms. The van der Waals surface area contributed by atoms with Gasteiger partial charge in [0.15, 0.2) is 57.3 Å². The highest BCUT2D eigenvalue weighted by Gasteiger charge is 2.80. The number of ether oxygens (including phenoxy) is 1. The number of phenols is 9. The quantitative estimate of drug-likeness (QED) is 0.0974. The number of aliphatic hydroxyl groups excluding tert-OH is 2. The van der Waals surface area contributed by atoms with Crippen molar-refractivity contribution in [3.05, 3.63) is 53.1 Å². The van der Waals surface area contributed by atoms with Crippen LogP contribution in [0.5, 0.6) is 51.7 Å². The molecule has 14 N–H and O–H groups in total. The van der Waals surface area contributed by atoms with Gasteiger partial charge in [0.2, 0.25) is 23.0 Å². The summed E-state index contributed by atoms with van der Waals surface area (Å²) < 4.78 is 5.04. The molecular weight excluding hydrogens is 612 g/mol. The lowest BCUT2D eigenvalue weighted by Gasteiger charge is -2.56. The van der Waals surface area contributed by atoms with E-state index in [9.17, 15) is 85.9 Å². The van der Waals surface area contributed by atoms with Crippen LogP contribution in [-0.2, 0) is 4.74 Å². The minimum Gasteiger partial charge on any atom is -0.504 e. The highest BCUT2D eigenvalue weighted by atomic mass is 16.7. The molecule has 1 saturated heterocycles. The SMILES string of the molecule is O=C(c1cc(O)c(O)c(O)c1)C1(O)OC(CO)C(O)C(O)(C(=O)c2cc(O)c(O)c(O)c2)C1(O)C(=O)c1cc(O)c(O)c(O)c1. The number of aliphatic hydroxyl groups is 5. The van der Waals surface area contributed by atoms with E-state index in [1.807, 2.05) is 0 Å². The zero-order valence-electron chi connectivity index (χ0n) is 22.2. The molecule has 1 heterocycles. The predicted molar refractivity (Wildman–Crippen MR) is 140 cm³/mol. The Morgan fingerprint density at radius 1 is 0.578 bits per heavy atom. The van der Waals surface area contributed by atoms with Gasteiger partial charge in [-0.1, -0.05) is 0 Å². The van der Waals surface area contributed by atoms with Crippen molar-refractivity contribution in [1.29, 1.82) is 0 Å². The summed E-state index contributed by atoms with van der Waals surface area (Å²) in [5.41, 5.74) is -12.3. The van der Waals surface area contributed by atoms with Gasteiger partial charge in [-0.25, -0.2) is 0 Å². The van der Waals surface area contributed by atoms with E-state index in [0.717, 1.165) is 0 Å². The molecule has 0 aliphatic carbocycles. The maximum atomic E-state index is 14.0. The second-order valence-corrected chi connectivity index (χ2v) is 9.98. The van der Waals surface area contributed by atoms with Gasteiger partial charge < -0.3 is 76.2 Å². The molecule has 0 saturated carbocycles. The Morgan fingerprint density at radius 3 is 1.22 bits per heavy atom. The molecule has 5 unspecified atom stereocenters. The number of ketones is 3. The molecule has 0 radical (unpaired) electrons. The number of hydrogen-bond donors (Lipinski definition) is 14. The van der Waals surface area contributed by atoms with E-state index < -0.39 is 122 Å². The third kappa shape index (κ3) is 4.47. The van der Waals surface area contributed by atoms with Crippen molar-refractivity contribution in [3.63, 3.8) is 0 Å². The first-order valence-corrected chi connectivity index (χ1v) is 12.3. The van der Waals surface area contributed by atoms with Crippen LogP contribution in [0, 0.1) is 0 Å². The topological polar surface area (TPSA) is 344 Å². The van der Waals surface area contributed by atoms with Gasteiger partial charge >= 0.3 is 0 Å². The van der Waals surface area contributed by atoms with Crippen LogP contribution in [0.3, 0.4) is 0 Å². The summed E-state index contributed by atoms with van der Waals surface area (Å²) in [5.74, 6) is -21.8. The van der Waals surface area contributed by atoms with Crippen LogP contribution >= 0.6 is 0 Å². The lowest BCUT2D eigenvalue weighted by molar-refractivity contribution is -0.362. The van der Waals surface area contributed by atoms with Crippen LogP contribution in [-0.4, -0.2) is 125 Å². The summed E-state index contributed by atoms with van der Waals surface area (Å²) in [4.78, 5) is 41.8. The second kappa shape index (κ2) is 10.7. The third-order valence-electron chi connectivity index (χ3n) is 7.30. The van der Waals surface area contributed by atoms with Crippen molar-refractivity contribution in [1.82, 2.24) is 0 Å². The normalized spacial score (nSPS) is 26.3. The average molecular weight is 636 g/mol. The molecule has 3 aromatic carbocycles. The Labute approximate surface area is 249 Å². The monoisotopic (exact) mass is 636 g/mol. The fourth-order valence-corrected chi connectivity index (χ4v) is 4.92. The number of carbonyl (C=O) groups excluding carboxylic acids is 3. The zero-order valence-corrected chi connectivity index (χ0v) is 22.2. The first-order valence-electron chi connectivity index (χ1n) is 12.3. The highest BCUT2D eigenvalue weighted by molar-refractivity contribution is 6.18. The molecule has 3 aromatic rings. The highest BCUT2D eigenvalue weighted by Crippen LogP contribution is 2.51. The van der Waals surface area contributed by atoms with E-state index in [1.165, 1.54) is 0 Å². The van der Waals surface area contributed by atoms with Crippen LogP contribution < -0.4 is 0 Å². The van der Waals surface area contributed by atoms with Gasteiger partial charge in [-0.2, -0.15) is 0 Å².